The maximum absolute atomic E-state index is 11.9. The Morgan fingerprint density at radius 2 is 2.37 bits per heavy atom. The van der Waals surface area contributed by atoms with Crippen LogP contribution in [-0.4, -0.2) is 53.2 Å². The molecular weight excluding hydrogens is 246 g/mol. The lowest BCUT2D eigenvalue weighted by molar-refractivity contribution is -0.117. The van der Waals surface area contributed by atoms with Gasteiger partial charge in [0.15, 0.2) is 0 Å². The monoisotopic (exact) mass is 267 g/mol. The topological polar surface area (TPSA) is 83.3 Å². The number of nitrogens with zero attached hydrogens (tertiary/aromatic N) is 3. The Balaban J connectivity index is 1.83. The average Bonchev–Trinajstić information content (AvgIpc) is 2.77. The number of anilines is 1. The fraction of sp³-hybridized carbons (Fsp3) is 0.750. The molecule has 0 spiro atoms. The summed E-state index contributed by atoms with van der Waals surface area (Å²) in [7, 11) is 0. The van der Waals surface area contributed by atoms with E-state index in [1.807, 2.05) is 13.8 Å². The van der Waals surface area contributed by atoms with Crippen LogP contribution in [0.15, 0.2) is 4.42 Å². The third-order valence-electron chi connectivity index (χ3n) is 3.00. The minimum atomic E-state index is -0.118. The van der Waals surface area contributed by atoms with Gasteiger partial charge in [0.1, 0.15) is 0 Å². The van der Waals surface area contributed by atoms with E-state index >= 15 is 0 Å². The second-order valence-electron chi connectivity index (χ2n) is 5.24. The number of carbonyl (C=O) groups excluding carboxylic acids is 1. The number of hydrogen-bond acceptors (Lipinski definition) is 6. The number of aromatic nitrogens is 2. The highest BCUT2D eigenvalue weighted by Gasteiger charge is 2.19. The summed E-state index contributed by atoms with van der Waals surface area (Å²) in [6, 6.07) is 0.592. The molecule has 1 aromatic rings. The van der Waals surface area contributed by atoms with Crippen molar-refractivity contribution in [3.05, 3.63) is 5.89 Å². The molecule has 2 heterocycles. The second-order valence-corrected chi connectivity index (χ2v) is 5.24. The van der Waals surface area contributed by atoms with Gasteiger partial charge in [-0.15, -0.1) is 5.10 Å². The zero-order valence-corrected chi connectivity index (χ0v) is 11.6. The highest BCUT2D eigenvalue weighted by atomic mass is 16.4. The number of amides is 1. The Labute approximate surface area is 112 Å². The maximum atomic E-state index is 11.9. The summed E-state index contributed by atoms with van der Waals surface area (Å²) < 4.78 is 5.34. The fourth-order valence-corrected chi connectivity index (χ4v) is 2.04. The third kappa shape index (κ3) is 4.00. The van der Waals surface area contributed by atoms with Crippen molar-refractivity contribution in [2.45, 2.75) is 32.7 Å². The van der Waals surface area contributed by atoms with E-state index in [1.165, 1.54) is 0 Å². The number of rotatable bonds is 4. The van der Waals surface area contributed by atoms with E-state index in [0.717, 1.165) is 19.6 Å². The minimum Gasteiger partial charge on any atom is -0.408 e. The molecule has 19 heavy (non-hydrogen) atoms. The van der Waals surface area contributed by atoms with Crippen LogP contribution >= 0.6 is 0 Å². The number of hydrogen-bond donors (Lipinski definition) is 2. The standard InChI is InChI=1S/C12H21N5O2/c1-8(2)11-15-16-12(19-11)14-10(18)7-17-5-4-13-9(3)6-17/h8-9,13H,4-7H2,1-3H3,(H,14,16,18)/t9-/m1/s1. The normalized spacial score (nSPS) is 20.7. The Bertz CT molecular complexity index is 432. The van der Waals surface area contributed by atoms with Crippen LogP contribution in [0, 0.1) is 0 Å². The van der Waals surface area contributed by atoms with Gasteiger partial charge in [-0.05, 0) is 6.92 Å². The molecule has 1 aliphatic rings. The lowest BCUT2D eigenvalue weighted by Crippen LogP contribution is -2.51. The van der Waals surface area contributed by atoms with Crippen LogP contribution in [0.1, 0.15) is 32.6 Å². The molecule has 7 heteroatoms. The van der Waals surface area contributed by atoms with Gasteiger partial charge in [-0.1, -0.05) is 18.9 Å². The van der Waals surface area contributed by atoms with E-state index in [2.05, 4.69) is 32.7 Å². The predicted molar refractivity (Wildman–Crippen MR) is 70.9 cm³/mol. The predicted octanol–water partition coefficient (Wildman–Crippen LogP) is 0.425. The van der Waals surface area contributed by atoms with E-state index in [-0.39, 0.29) is 17.8 Å². The van der Waals surface area contributed by atoms with E-state index < -0.39 is 0 Å². The molecule has 1 aliphatic heterocycles. The van der Waals surface area contributed by atoms with Crippen LogP contribution in [-0.2, 0) is 4.79 Å². The van der Waals surface area contributed by atoms with Crippen molar-refractivity contribution >= 4 is 11.9 Å². The molecule has 2 N–H and O–H groups in total. The second kappa shape index (κ2) is 6.12. The van der Waals surface area contributed by atoms with Crippen LogP contribution < -0.4 is 10.6 Å². The van der Waals surface area contributed by atoms with Crippen molar-refractivity contribution in [1.29, 1.82) is 0 Å². The first-order chi connectivity index (χ1) is 9.04. The molecule has 1 atom stereocenters. The summed E-state index contributed by atoms with van der Waals surface area (Å²) in [5, 5.41) is 13.7. The molecular formula is C12H21N5O2. The van der Waals surface area contributed by atoms with E-state index in [4.69, 9.17) is 4.42 Å². The van der Waals surface area contributed by atoms with Crippen LogP contribution in [0.25, 0.3) is 0 Å². The summed E-state index contributed by atoms with van der Waals surface area (Å²) in [6.07, 6.45) is 0. The molecule has 0 saturated carbocycles. The van der Waals surface area contributed by atoms with Gasteiger partial charge in [0, 0.05) is 31.6 Å². The third-order valence-corrected chi connectivity index (χ3v) is 3.00. The van der Waals surface area contributed by atoms with Crippen molar-refractivity contribution in [1.82, 2.24) is 20.4 Å². The molecule has 0 unspecified atom stereocenters. The maximum Gasteiger partial charge on any atom is 0.322 e. The molecule has 0 aliphatic carbocycles. The largest absolute Gasteiger partial charge is 0.408 e. The molecule has 1 fully saturated rings. The van der Waals surface area contributed by atoms with E-state index in [0.29, 0.717) is 18.5 Å². The average molecular weight is 267 g/mol. The lowest BCUT2D eigenvalue weighted by atomic mass is 10.2. The van der Waals surface area contributed by atoms with E-state index in [9.17, 15) is 4.79 Å². The first-order valence-corrected chi connectivity index (χ1v) is 6.63. The van der Waals surface area contributed by atoms with Gasteiger partial charge >= 0.3 is 6.01 Å². The molecule has 7 nitrogen and oxygen atoms in total. The van der Waals surface area contributed by atoms with Crippen molar-refractivity contribution in [2.75, 3.05) is 31.5 Å². The highest BCUT2D eigenvalue weighted by Crippen LogP contribution is 2.14. The van der Waals surface area contributed by atoms with Gasteiger partial charge in [0.05, 0.1) is 6.54 Å². The Kier molecular flexibility index (Phi) is 4.49. The van der Waals surface area contributed by atoms with Crippen molar-refractivity contribution in [2.24, 2.45) is 0 Å². The smallest absolute Gasteiger partial charge is 0.322 e. The van der Waals surface area contributed by atoms with Gasteiger partial charge in [-0.2, -0.15) is 0 Å². The number of piperazine rings is 1. The van der Waals surface area contributed by atoms with Crippen molar-refractivity contribution in [3.8, 4) is 0 Å². The summed E-state index contributed by atoms with van der Waals surface area (Å²) >= 11 is 0. The first-order valence-electron chi connectivity index (χ1n) is 6.63. The molecule has 2 rings (SSSR count). The van der Waals surface area contributed by atoms with Gasteiger partial charge in [0.2, 0.25) is 11.8 Å². The zero-order chi connectivity index (χ0) is 13.8. The molecule has 1 amide bonds. The van der Waals surface area contributed by atoms with E-state index in [1.54, 1.807) is 0 Å². The highest BCUT2D eigenvalue weighted by molar-refractivity contribution is 5.90. The summed E-state index contributed by atoms with van der Waals surface area (Å²) in [6.45, 7) is 9.03. The summed E-state index contributed by atoms with van der Waals surface area (Å²) in [5.41, 5.74) is 0. The zero-order valence-electron chi connectivity index (χ0n) is 11.6. The Morgan fingerprint density at radius 3 is 3.00 bits per heavy atom. The van der Waals surface area contributed by atoms with Crippen molar-refractivity contribution < 1.29 is 9.21 Å². The molecule has 0 bridgehead atoms. The Hall–Kier alpha value is -1.47. The van der Waals surface area contributed by atoms with Crippen LogP contribution in [0.2, 0.25) is 0 Å². The van der Waals surface area contributed by atoms with Crippen LogP contribution in [0.5, 0.6) is 0 Å². The van der Waals surface area contributed by atoms with Gasteiger partial charge < -0.3 is 9.73 Å². The number of carbonyl (C=O) groups is 1. The lowest BCUT2D eigenvalue weighted by Gasteiger charge is -2.30. The Morgan fingerprint density at radius 1 is 1.58 bits per heavy atom. The van der Waals surface area contributed by atoms with Gasteiger partial charge in [-0.25, -0.2) is 0 Å². The minimum absolute atomic E-state index is 0.118. The van der Waals surface area contributed by atoms with Gasteiger partial charge in [-0.3, -0.25) is 15.0 Å². The van der Waals surface area contributed by atoms with Crippen molar-refractivity contribution in [3.63, 3.8) is 0 Å². The summed E-state index contributed by atoms with van der Waals surface area (Å²) in [4.78, 5) is 14.0. The van der Waals surface area contributed by atoms with Gasteiger partial charge in [0.25, 0.3) is 0 Å². The molecule has 1 aromatic heterocycles. The SMILES string of the molecule is CC(C)c1nnc(NC(=O)CN2CCN[C@H](C)C2)o1. The number of nitrogens with one attached hydrogen (secondary N) is 2. The molecule has 0 radical (unpaired) electrons. The molecule has 106 valence electrons. The van der Waals surface area contributed by atoms with Crippen LogP contribution in [0.3, 0.4) is 0 Å². The quantitative estimate of drug-likeness (QED) is 0.823. The molecule has 0 aromatic carbocycles. The summed E-state index contributed by atoms with van der Waals surface area (Å²) in [5.74, 6) is 0.575. The molecule has 1 saturated heterocycles. The fourth-order valence-electron chi connectivity index (χ4n) is 2.04. The first kappa shape index (κ1) is 14.0. The van der Waals surface area contributed by atoms with Crippen LogP contribution in [0.4, 0.5) is 6.01 Å².